The minimum Gasteiger partial charge on any atom is -0.359 e. The fraction of sp³-hybridized carbons (Fsp3) is 0.786. The zero-order chi connectivity index (χ0) is 17.0. The summed E-state index contributed by atoms with van der Waals surface area (Å²) in [6.07, 6.45) is 4.38. The summed E-state index contributed by atoms with van der Waals surface area (Å²) in [6.45, 7) is 6.06. The highest BCUT2D eigenvalue weighted by Crippen LogP contribution is 2.35. The number of hydrogen-bond acceptors (Lipinski definition) is 4. The van der Waals surface area contributed by atoms with Crippen LogP contribution in [0.5, 0.6) is 0 Å². The van der Waals surface area contributed by atoms with Crippen LogP contribution in [0.3, 0.4) is 0 Å². The average Bonchev–Trinajstić information content (AvgIpc) is 2.51. The van der Waals surface area contributed by atoms with Gasteiger partial charge in [-0.05, 0) is 53.3 Å². The van der Waals surface area contributed by atoms with Crippen LogP contribution in [0.1, 0.15) is 52.9 Å². The van der Waals surface area contributed by atoms with E-state index < -0.39 is 6.04 Å². The number of amides is 3. The zero-order valence-corrected chi connectivity index (χ0v) is 16.4. The topological polar surface area (TPSA) is 87.3 Å². The first-order chi connectivity index (χ1) is 10.4. The highest BCUT2D eigenvalue weighted by Gasteiger charge is 2.31. The lowest BCUT2D eigenvalue weighted by atomic mass is 10.1. The fourth-order valence-corrected chi connectivity index (χ4v) is 4.57. The maximum Gasteiger partial charge on any atom is 0.243 e. The van der Waals surface area contributed by atoms with Gasteiger partial charge in [0.15, 0.2) is 0 Å². The summed E-state index contributed by atoms with van der Waals surface area (Å²) in [5.41, 5.74) is 0. The van der Waals surface area contributed by atoms with E-state index in [0.717, 1.165) is 25.7 Å². The predicted molar refractivity (Wildman–Crippen MR) is 98.6 cm³/mol. The van der Waals surface area contributed by atoms with Crippen molar-refractivity contribution >= 4 is 48.4 Å². The molecule has 0 unspecified atom stereocenters. The molecule has 0 aromatic rings. The maximum atomic E-state index is 12.5. The molecule has 0 aromatic carbocycles. The molecule has 3 N–H and O–H groups in total. The lowest BCUT2D eigenvalue weighted by Crippen LogP contribution is -2.53. The molecular weight excluding hydrogens is 417 g/mol. The predicted octanol–water partition coefficient (Wildman–Crippen LogP) is 2.12. The van der Waals surface area contributed by atoms with Crippen molar-refractivity contribution < 1.29 is 14.4 Å². The minimum atomic E-state index is -0.533. The highest BCUT2D eigenvalue weighted by molar-refractivity contribution is 14.2. The van der Waals surface area contributed by atoms with Crippen molar-refractivity contribution in [1.82, 2.24) is 16.0 Å². The van der Waals surface area contributed by atoms with Crippen LogP contribution >= 0.6 is 30.1 Å². The monoisotopic (exact) mass is 443 g/mol. The lowest BCUT2D eigenvalue weighted by Gasteiger charge is -2.31. The van der Waals surface area contributed by atoms with Gasteiger partial charge in [-0.1, -0.05) is 22.8 Å². The van der Waals surface area contributed by atoms with Gasteiger partial charge in [0.2, 0.25) is 18.2 Å². The molecule has 22 heavy (non-hydrogen) atoms. The Morgan fingerprint density at radius 3 is 2.36 bits per heavy atom. The number of unbranched alkanes of at least 4 members (excludes halogenated alkanes) is 1. The van der Waals surface area contributed by atoms with Crippen molar-refractivity contribution in [2.24, 2.45) is 0 Å². The Morgan fingerprint density at radius 1 is 1.27 bits per heavy atom. The normalized spacial score (nSPS) is 12.4. The van der Waals surface area contributed by atoms with E-state index in [-0.39, 0.29) is 16.7 Å². The molecule has 0 saturated heterocycles. The van der Waals surface area contributed by atoms with Gasteiger partial charge in [-0.15, -0.1) is 0 Å². The second kappa shape index (κ2) is 12.0. The van der Waals surface area contributed by atoms with Crippen LogP contribution in [0.4, 0.5) is 0 Å². The van der Waals surface area contributed by atoms with E-state index in [1.807, 2.05) is 13.8 Å². The standard InChI is InChI=1S/C14H26IN3O3S/c1-4-14(5-2,22-15)18-13(21)12(17-11(3)20)8-6-7-9-16-10-19/h10,12H,4-9H2,1-3H3,(H,16,19)(H,17,20)(H,18,21)/t12-/m0/s1. The number of rotatable bonds is 12. The van der Waals surface area contributed by atoms with Crippen LogP contribution in [-0.2, 0) is 14.4 Å². The van der Waals surface area contributed by atoms with E-state index in [1.54, 1.807) is 8.93 Å². The first-order valence-corrected chi connectivity index (χ1v) is 10.9. The van der Waals surface area contributed by atoms with Gasteiger partial charge in [0.1, 0.15) is 6.04 Å². The Morgan fingerprint density at radius 2 is 1.91 bits per heavy atom. The Balaban J connectivity index is 4.62. The molecule has 0 aliphatic heterocycles. The van der Waals surface area contributed by atoms with Gasteiger partial charge in [0.05, 0.1) is 4.87 Å². The van der Waals surface area contributed by atoms with Crippen molar-refractivity contribution in [2.75, 3.05) is 6.54 Å². The molecule has 3 amide bonds. The molecular formula is C14H26IN3O3S. The van der Waals surface area contributed by atoms with E-state index in [1.165, 1.54) is 6.92 Å². The van der Waals surface area contributed by atoms with Gasteiger partial charge in [0, 0.05) is 13.5 Å². The van der Waals surface area contributed by atoms with Crippen LogP contribution in [0.25, 0.3) is 0 Å². The third kappa shape index (κ3) is 8.21. The molecule has 0 aliphatic rings. The SMILES string of the molecule is CCC(CC)(NC(=O)[C@H](CCCCNC=O)NC(C)=O)SI. The number of halogens is 1. The first kappa shape index (κ1) is 21.5. The lowest BCUT2D eigenvalue weighted by molar-refractivity contribution is -0.129. The van der Waals surface area contributed by atoms with Crippen molar-refractivity contribution in [3.63, 3.8) is 0 Å². The van der Waals surface area contributed by atoms with Gasteiger partial charge in [-0.3, -0.25) is 14.4 Å². The summed E-state index contributed by atoms with van der Waals surface area (Å²) in [6, 6.07) is -0.533. The largest absolute Gasteiger partial charge is 0.359 e. The van der Waals surface area contributed by atoms with Crippen LogP contribution in [0.15, 0.2) is 0 Å². The van der Waals surface area contributed by atoms with Crippen LogP contribution in [0, 0.1) is 0 Å². The van der Waals surface area contributed by atoms with Crippen molar-refractivity contribution in [3.8, 4) is 0 Å². The molecule has 0 radical (unpaired) electrons. The summed E-state index contributed by atoms with van der Waals surface area (Å²) in [4.78, 5) is 33.7. The van der Waals surface area contributed by atoms with Crippen molar-refractivity contribution in [3.05, 3.63) is 0 Å². The van der Waals surface area contributed by atoms with Crippen LogP contribution in [-0.4, -0.2) is 35.7 Å². The summed E-state index contributed by atoms with van der Waals surface area (Å²) >= 11 is 2.20. The highest BCUT2D eigenvalue weighted by atomic mass is 127. The van der Waals surface area contributed by atoms with E-state index >= 15 is 0 Å². The van der Waals surface area contributed by atoms with Crippen LogP contribution in [0.2, 0.25) is 0 Å². The molecule has 0 saturated carbocycles. The minimum absolute atomic E-state index is 0.147. The zero-order valence-electron chi connectivity index (χ0n) is 13.4. The molecule has 0 heterocycles. The molecule has 0 aromatic heterocycles. The number of carbonyl (C=O) groups excluding carboxylic acids is 3. The maximum absolute atomic E-state index is 12.5. The molecule has 0 bridgehead atoms. The average molecular weight is 443 g/mol. The van der Waals surface area contributed by atoms with E-state index in [2.05, 4.69) is 37.2 Å². The molecule has 1 atom stereocenters. The molecule has 128 valence electrons. The smallest absolute Gasteiger partial charge is 0.243 e. The Hall–Kier alpha value is -0.510. The fourth-order valence-electron chi connectivity index (χ4n) is 2.02. The number of hydrogen-bond donors (Lipinski definition) is 3. The molecule has 0 spiro atoms. The third-order valence-electron chi connectivity index (χ3n) is 3.48. The van der Waals surface area contributed by atoms with Gasteiger partial charge >= 0.3 is 0 Å². The van der Waals surface area contributed by atoms with Gasteiger partial charge < -0.3 is 16.0 Å². The second-order valence-corrected chi connectivity index (χ2v) is 7.35. The van der Waals surface area contributed by atoms with E-state index in [4.69, 9.17) is 0 Å². The summed E-state index contributed by atoms with van der Waals surface area (Å²) < 4.78 is 0. The molecule has 0 rings (SSSR count). The van der Waals surface area contributed by atoms with Gasteiger partial charge in [0.25, 0.3) is 0 Å². The summed E-state index contributed by atoms with van der Waals surface area (Å²) in [5.74, 6) is -0.363. The Kier molecular flexibility index (Phi) is 11.7. The summed E-state index contributed by atoms with van der Waals surface area (Å²) in [7, 11) is 1.59. The summed E-state index contributed by atoms with van der Waals surface area (Å²) in [5, 5.41) is 8.36. The Labute approximate surface area is 148 Å². The van der Waals surface area contributed by atoms with E-state index in [9.17, 15) is 14.4 Å². The molecule has 8 heteroatoms. The van der Waals surface area contributed by atoms with Gasteiger partial charge in [-0.25, -0.2) is 0 Å². The first-order valence-electron chi connectivity index (χ1n) is 7.50. The van der Waals surface area contributed by atoms with Crippen molar-refractivity contribution in [1.29, 1.82) is 0 Å². The quantitative estimate of drug-likeness (QED) is 0.187. The third-order valence-corrected chi connectivity index (χ3v) is 6.99. The Bertz CT molecular complexity index is 357. The molecule has 0 fully saturated rings. The number of nitrogens with one attached hydrogen (secondary N) is 3. The molecule has 0 aliphatic carbocycles. The van der Waals surface area contributed by atoms with Crippen LogP contribution < -0.4 is 16.0 Å². The van der Waals surface area contributed by atoms with Crippen molar-refractivity contribution in [2.45, 2.75) is 63.8 Å². The van der Waals surface area contributed by atoms with Gasteiger partial charge in [-0.2, -0.15) is 0 Å². The molecule has 6 nitrogen and oxygen atoms in total. The number of carbonyl (C=O) groups is 3. The van der Waals surface area contributed by atoms with E-state index in [0.29, 0.717) is 19.4 Å². The second-order valence-electron chi connectivity index (χ2n) is 5.09.